The number of aromatic nitrogens is 3. The second-order valence-corrected chi connectivity index (χ2v) is 8.81. The summed E-state index contributed by atoms with van der Waals surface area (Å²) in [6.07, 6.45) is 5.18. The molecule has 2 amide bonds. The number of carbonyl (C=O) groups is 2. The van der Waals surface area contributed by atoms with Crippen LogP contribution in [0.1, 0.15) is 62.5 Å². The van der Waals surface area contributed by atoms with Crippen molar-refractivity contribution in [2.45, 2.75) is 65.0 Å². The van der Waals surface area contributed by atoms with Crippen LogP contribution in [0.15, 0.2) is 12.3 Å². The van der Waals surface area contributed by atoms with Crippen LogP contribution in [0.2, 0.25) is 0 Å². The summed E-state index contributed by atoms with van der Waals surface area (Å²) in [5.74, 6) is 0.0360. The largest absolute Gasteiger partial charge is 0.444 e. The number of pyridine rings is 1. The molecular formula is C21H31N5O3. The van der Waals surface area contributed by atoms with Gasteiger partial charge in [-0.05, 0) is 52.5 Å². The molecule has 2 atom stereocenters. The Kier molecular flexibility index (Phi) is 6.10. The Morgan fingerprint density at radius 3 is 2.72 bits per heavy atom. The first-order chi connectivity index (χ1) is 13.6. The van der Waals surface area contributed by atoms with Crippen LogP contribution in [0.5, 0.6) is 0 Å². The molecule has 0 aliphatic heterocycles. The van der Waals surface area contributed by atoms with E-state index in [9.17, 15) is 9.59 Å². The van der Waals surface area contributed by atoms with Crippen LogP contribution in [-0.4, -0.2) is 45.0 Å². The first-order valence-corrected chi connectivity index (χ1v) is 10.2. The Morgan fingerprint density at radius 2 is 2.00 bits per heavy atom. The highest BCUT2D eigenvalue weighted by Gasteiger charge is 2.28. The number of nitrogens with zero attached hydrogens (tertiary/aromatic N) is 3. The topological polar surface area (TPSA) is 98.1 Å². The monoisotopic (exact) mass is 401 g/mol. The van der Waals surface area contributed by atoms with Crippen LogP contribution in [0, 0.1) is 12.8 Å². The molecule has 2 N–H and O–H groups in total. The summed E-state index contributed by atoms with van der Waals surface area (Å²) in [6.45, 7) is 7.91. The van der Waals surface area contributed by atoms with Crippen molar-refractivity contribution in [3.8, 4) is 0 Å². The minimum absolute atomic E-state index is 0.0110. The van der Waals surface area contributed by atoms with E-state index in [1.54, 1.807) is 10.9 Å². The molecule has 2 aromatic rings. The summed E-state index contributed by atoms with van der Waals surface area (Å²) < 4.78 is 7.03. The molecule has 8 heteroatoms. The molecule has 0 radical (unpaired) electrons. The molecule has 1 aliphatic rings. The molecule has 0 unspecified atom stereocenters. The van der Waals surface area contributed by atoms with E-state index in [1.807, 2.05) is 40.8 Å². The fourth-order valence-electron chi connectivity index (χ4n) is 3.85. The van der Waals surface area contributed by atoms with Crippen molar-refractivity contribution in [2.24, 2.45) is 13.0 Å². The second-order valence-electron chi connectivity index (χ2n) is 8.81. The highest BCUT2D eigenvalue weighted by molar-refractivity contribution is 5.97. The number of alkyl carbamates (subject to hydrolysis) is 1. The summed E-state index contributed by atoms with van der Waals surface area (Å²) in [6, 6.07) is 1.86. The fraction of sp³-hybridized carbons (Fsp3) is 0.619. The fourth-order valence-corrected chi connectivity index (χ4v) is 3.85. The third-order valence-corrected chi connectivity index (χ3v) is 5.26. The van der Waals surface area contributed by atoms with Gasteiger partial charge in [-0.25, -0.2) is 9.78 Å². The van der Waals surface area contributed by atoms with Crippen LogP contribution in [0.4, 0.5) is 4.79 Å². The average molecular weight is 402 g/mol. The molecule has 2 heterocycles. The molecule has 0 bridgehead atoms. The van der Waals surface area contributed by atoms with Gasteiger partial charge in [-0.15, -0.1) is 0 Å². The minimum atomic E-state index is -0.527. The van der Waals surface area contributed by atoms with Crippen molar-refractivity contribution in [3.63, 3.8) is 0 Å². The summed E-state index contributed by atoms with van der Waals surface area (Å²) in [7, 11) is 1.84. The summed E-state index contributed by atoms with van der Waals surface area (Å²) >= 11 is 0. The SMILES string of the molecule is Cc1nn(C)c2ncc(C(=O)N[C@H]3CCCC[C@H]3CNC(=O)OC(C)(C)C)cc12. The lowest BCUT2D eigenvalue weighted by Crippen LogP contribution is -2.47. The zero-order valence-corrected chi connectivity index (χ0v) is 17.9. The summed E-state index contributed by atoms with van der Waals surface area (Å²) in [5.41, 5.74) is 1.61. The van der Waals surface area contributed by atoms with E-state index in [4.69, 9.17) is 4.74 Å². The number of hydrogen-bond acceptors (Lipinski definition) is 5. The van der Waals surface area contributed by atoms with Gasteiger partial charge >= 0.3 is 6.09 Å². The number of hydrogen-bond donors (Lipinski definition) is 2. The van der Waals surface area contributed by atoms with Gasteiger partial charge in [0.1, 0.15) is 5.60 Å². The number of amides is 2. The van der Waals surface area contributed by atoms with Gasteiger partial charge in [0.25, 0.3) is 5.91 Å². The van der Waals surface area contributed by atoms with Gasteiger partial charge < -0.3 is 15.4 Å². The zero-order chi connectivity index (χ0) is 21.2. The third kappa shape index (κ3) is 5.25. The Bertz CT molecular complexity index is 900. The second kappa shape index (κ2) is 8.39. The van der Waals surface area contributed by atoms with Gasteiger partial charge in [0.15, 0.2) is 5.65 Å². The lowest BCUT2D eigenvalue weighted by molar-refractivity contribution is 0.0511. The van der Waals surface area contributed by atoms with Gasteiger partial charge in [-0.1, -0.05) is 12.8 Å². The quantitative estimate of drug-likeness (QED) is 0.820. The molecule has 0 spiro atoms. The molecule has 158 valence electrons. The molecule has 0 aromatic carbocycles. The predicted octanol–water partition coefficient (Wildman–Crippen LogP) is 3.09. The third-order valence-electron chi connectivity index (χ3n) is 5.26. The van der Waals surface area contributed by atoms with Crippen LogP contribution in [-0.2, 0) is 11.8 Å². The van der Waals surface area contributed by atoms with E-state index in [0.717, 1.165) is 42.4 Å². The Hall–Kier alpha value is -2.64. The lowest BCUT2D eigenvalue weighted by atomic mass is 9.84. The van der Waals surface area contributed by atoms with Gasteiger partial charge in [-0.3, -0.25) is 9.48 Å². The lowest BCUT2D eigenvalue weighted by Gasteiger charge is -2.32. The highest BCUT2D eigenvalue weighted by atomic mass is 16.6. The van der Waals surface area contributed by atoms with Crippen molar-refractivity contribution >= 4 is 23.0 Å². The summed E-state index contributed by atoms with van der Waals surface area (Å²) in [4.78, 5) is 29.2. The van der Waals surface area contributed by atoms with E-state index in [0.29, 0.717) is 12.1 Å². The predicted molar refractivity (Wildman–Crippen MR) is 111 cm³/mol. The average Bonchev–Trinajstić information content (AvgIpc) is 2.93. The maximum atomic E-state index is 12.9. The number of aryl methyl sites for hydroxylation is 2. The Balaban J connectivity index is 1.64. The summed E-state index contributed by atoms with van der Waals surface area (Å²) in [5, 5.41) is 11.2. The molecule has 3 rings (SSSR count). The number of carbonyl (C=O) groups excluding carboxylic acids is 2. The van der Waals surface area contributed by atoms with Crippen LogP contribution >= 0.6 is 0 Å². The van der Waals surface area contributed by atoms with Gasteiger partial charge in [0, 0.05) is 31.2 Å². The van der Waals surface area contributed by atoms with Gasteiger partial charge in [0.05, 0.1) is 11.3 Å². The van der Waals surface area contributed by atoms with Crippen molar-refractivity contribution in [2.75, 3.05) is 6.54 Å². The molecule has 1 fully saturated rings. The molecule has 2 aromatic heterocycles. The Morgan fingerprint density at radius 1 is 1.28 bits per heavy atom. The van der Waals surface area contributed by atoms with E-state index in [1.165, 1.54) is 0 Å². The first-order valence-electron chi connectivity index (χ1n) is 10.2. The smallest absolute Gasteiger partial charge is 0.407 e. The van der Waals surface area contributed by atoms with Crippen molar-refractivity contribution in [1.82, 2.24) is 25.4 Å². The number of nitrogens with one attached hydrogen (secondary N) is 2. The van der Waals surface area contributed by atoms with E-state index >= 15 is 0 Å². The van der Waals surface area contributed by atoms with Crippen molar-refractivity contribution in [1.29, 1.82) is 0 Å². The van der Waals surface area contributed by atoms with E-state index in [2.05, 4.69) is 20.7 Å². The molecule has 0 saturated heterocycles. The Labute approximate surface area is 171 Å². The van der Waals surface area contributed by atoms with Crippen LogP contribution < -0.4 is 10.6 Å². The van der Waals surface area contributed by atoms with Crippen molar-refractivity contribution in [3.05, 3.63) is 23.5 Å². The molecular weight excluding hydrogens is 370 g/mol. The maximum absolute atomic E-state index is 12.9. The first kappa shape index (κ1) is 21.1. The van der Waals surface area contributed by atoms with Crippen molar-refractivity contribution < 1.29 is 14.3 Å². The normalized spacial score (nSPS) is 19.8. The molecule has 1 saturated carbocycles. The molecule has 8 nitrogen and oxygen atoms in total. The number of rotatable bonds is 4. The van der Waals surface area contributed by atoms with Crippen LogP contribution in [0.3, 0.4) is 0 Å². The van der Waals surface area contributed by atoms with Crippen LogP contribution in [0.25, 0.3) is 11.0 Å². The van der Waals surface area contributed by atoms with Gasteiger partial charge in [0.2, 0.25) is 0 Å². The van der Waals surface area contributed by atoms with Gasteiger partial charge in [-0.2, -0.15) is 5.10 Å². The highest BCUT2D eigenvalue weighted by Crippen LogP contribution is 2.25. The minimum Gasteiger partial charge on any atom is -0.444 e. The maximum Gasteiger partial charge on any atom is 0.407 e. The standard InChI is InChI=1S/C21H31N5O3/c1-13-16-10-15(12-22-18(16)26(5)25-13)19(27)24-17-9-7-6-8-14(17)11-23-20(28)29-21(2,3)4/h10,12,14,17H,6-9,11H2,1-5H3,(H,23,28)(H,24,27)/t14-,17-/m0/s1. The molecule has 1 aliphatic carbocycles. The molecule has 29 heavy (non-hydrogen) atoms. The van der Waals surface area contributed by atoms with E-state index in [-0.39, 0.29) is 17.9 Å². The number of ether oxygens (including phenoxy) is 1. The zero-order valence-electron chi connectivity index (χ0n) is 17.9. The van der Waals surface area contributed by atoms with E-state index < -0.39 is 11.7 Å². The number of fused-ring (bicyclic) bond motifs is 1.